The van der Waals surface area contributed by atoms with E-state index in [1.807, 2.05) is 17.9 Å². The molecule has 4 rings (SSSR count). The van der Waals surface area contributed by atoms with Crippen LogP contribution < -0.4 is 5.32 Å². The fraction of sp³-hybridized carbons (Fsp3) is 0.320. The SMILES string of the molecule is Cc1cc(C(=O)N2CCCC[C@@H]2C)ccc1NC(=O)c1cnn(-c2ccc(F)cc2)c1C. The van der Waals surface area contributed by atoms with Crippen LogP contribution in [0.2, 0.25) is 0 Å². The first-order valence-electron chi connectivity index (χ1n) is 10.9. The first-order chi connectivity index (χ1) is 15.3. The monoisotopic (exact) mass is 434 g/mol. The Morgan fingerprint density at radius 3 is 2.53 bits per heavy atom. The molecule has 1 aromatic heterocycles. The number of likely N-dealkylation sites (tertiary alicyclic amines) is 1. The molecular formula is C25H27FN4O2. The molecule has 2 amide bonds. The van der Waals surface area contributed by atoms with Gasteiger partial charge in [-0.1, -0.05) is 0 Å². The molecule has 0 aliphatic carbocycles. The van der Waals surface area contributed by atoms with Crippen molar-refractivity contribution in [3.8, 4) is 5.69 Å². The Kier molecular flexibility index (Phi) is 6.08. The zero-order valence-electron chi connectivity index (χ0n) is 18.6. The Bertz CT molecular complexity index is 1150. The van der Waals surface area contributed by atoms with E-state index in [1.165, 1.54) is 18.3 Å². The molecule has 2 heterocycles. The lowest BCUT2D eigenvalue weighted by Crippen LogP contribution is -2.42. The molecule has 6 nitrogen and oxygen atoms in total. The second-order valence-electron chi connectivity index (χ2n) is 8.36. The van der Waals surface area contributed by atoms with Crippen LogP contribution in [0.4, 0.5) is 10.1 Å². The van der Waals surface area contributed by atoms with Crippen LogP contribution in [0, 0.1) is 19.7 Å². The van der Waals surface area contributed by atoms with Crippen LogP contribution in [0.15, 0.2) is 48.7 Å². The van der Waals surface area contributed by atoms with E-state index in [1.54, 1.807) is 35.9 Å². The van der Waals surface area contributed by atoms with E-state index in [4.69, 9.17) is 0 Å². The first-order valence-corrected chi connectivity index (χ1v) is 10.9. The van der Waals surface area contributed by atoms with Crippen LogP contribution >= 0.6 is 0 Å². The van der Waals surface area contributed by atoms with Gasteiger partial charge < -0.3 is 10.2 Å². The largest absolute Gasteiger partial charge is 0.336 e. The average molecular weight is 435 g/mol. The Labute approximate surface area is 187 Å². The van der Waals surface area contributed by atoms with Crippen LogP contribution in [0.1, 0.15) is 58.2 Å². The summed E-state index contributed by atoms with van der Waals surface area (Å²) in [6.07, 6.45) is 4.73. The Balaban J connectivity index is 1.50. The zero-order chi connectivity index (χ0) is 22.8. The maximum Gasteiger partial charge on any atom is 0.259 e. The lowest BCUT2D eigenvalue weighted by atomic mass is 10.0. The van der Waals surface area contributed by atoms with Crippen LogP contribution in [0.3, 0.4) is 0 Å². The van der Waals surface area contributed by atoms with Gasteiger partial charge in [0.2, 0.25) is 0 Å². The lowest BCUT2D eigenvalue weighted by Gasteiger charge is -2.33. The molecule has 1 saturated heterocycles. The molecule has 1 aliphatic heterocycles. The molecule has 0 unspecified atom stereocenters. The van der Waals surface area contributed by atoms with E-state index in [0.29, 0.717) is 28.2 Å². The number of hydrogen-bond donors (Lipinski definition) is 1. The predicted octanol–water partition coefficient (Wildman–Crippen LogP) is 4.90. The Morgan fingerprint density at radius 2 is 1.84 bits per heavy atom. The quantitative estimate of drug-likeness (QED) is 0.635. The number of aryl methyl sites for hydroxylation is 1. The maximum atomic E-state index is 13.2. The van der Waals surface area contributed by atoms with Crippen molar-refractivity contribution in [3.05, 3.63) is 76.9 Å². The third-order valence-corrected chi connectivity index (χ3v) is 6.11. The fourth-order valence-electron chi connectivity index (χ4n) is 4.17. The van der Waals surface area contributed by atoms with Gasteiger partial charge in [0.25, 0.3) is 11.8 Å². The number of rotatable bonds is 4. The van der Waals surface area contributed by atoms with Crippen molar-refractivity contribution in [2.75, 3.05) is 11.9 Å². The van der Waals surface area contributed by atoms with Gasteiger partial charge in [-0.2, -0.15) is 5.10 Å². The summed E-state index contributed by atoms with van der Waals surface area (Å²) in [6, 6.07) is 11.5. The third kappa shape index (κ3) is 4.28. The highest BCUT2D eigenvalue weighted by Crippen LogP contribution is 2.23. The summed E-state index contributed by atoms with van der Waals surface area (Å²) in [6.45, 7) is 6.54. The molecule has 1 fully saturated rings. The van der Waals surface area contributed by atoms with Gasteiger partial charge >= 0.3 is 0 Å². The number of carbonyl (C=O) groups excluding carboxylic acids is 2. The van der Waals surface area contributed by atoms with Crippen molar-refractivity contribution in [1.82, 2.24) is 14.7 Å². The van der Waals surface area contributed by atoms with Crippen molar-refractivity contribution in [3.63, 3.8) is 0 Å². The Hall–Kier alpha value is -3.48. The van der Waals surface area contributed by atoms with Crippen LogP contribution in [-0.4, -0.2) is 39.1 Å². The molecule has 1 atom stereocenters. The highest BCUT2D eigenvalue weighted by Gasteiger charge is 2.24. The fourth-order valence-corrected chi connectivity index (χ4v) is 4.17. The maximum absolute atomic E-state index is 13.2. The van der Waals surface area contributed by atoms with E-state index in [-0.39, 0.29) is 23.7 Å². The summed E-state index contributed by atoms with van der Waals surface area (Å²) in [5.41, 5.74) is 3.85. The number of anilines is 1. The van der Waals surface area contributed by atoms with Gasteiger partial charge in [0, 0.05) is 23.8 Å². The van der Waals surface area contributed by atoms with Crippen LogP contribution in [-0.2, 0) is 0 Å². The Morgan fingerprint density at radius 1 is 1.09 bits per heavy atom. The predicted molar refractivity (Wildman–Crippen MR) is 122 cm³/mol. The van der Waals surface area contributed by atoms with E-state index in [0.717, 1.165) is 31.4 Å². The molecule has 7 heteroatoms. The van der Waals surface area contributed by atoms with Crippen molar-refractivity contribution in [2.45, 2.75) is 46.1 Å². The summed E-state index contributed by atoms with van der Waals surface area (Å²) in [5, 5.41) is 7.20. The number of nitrogens with one attached hydrogen (secondary N) is 1. The standard InChI is InChI=1S/C25H27FN4O2/c1-16-14-19(25(32)29-13-5-4-6-17(29)2)7-12-23(16)28-24(31)22-15-27-30(18(22)3)21-10-8-20(26)9-11-21/h7-12,14-15,17H,4-6,13H2,1-3H3,(H,28,31)/t17-/m0/s1. The molecular weight excluding hydrogens is 407 g/mol. The minimum absolute atomic E-state index is 0.0367. The average Bonchev–Trinajstić information content (AvgIpc) is 3.17. The molecule has 32 heavy (non-hydrogen) atoms. The van der Waals surface area contributed by atoms with Gasteiger partial charge in [-0.3, -0.25) is 9.59 Å². The zero-order valence-corrected chi connectivity index (χ0v) is 18.6. The third-order valence-electron chi connectivity index (χ3n) is 6.11. The van der Waals surface area contributed by atoms with Crippen molar-refractivity contribution in [2.24, 2.45) is 0 Å². The highest BCUT2D eigenvalue weighted by atomic mass is 19.1. The van der Waals surface area contributed by atoms with E-state index >= 15 is 0 Å². The van der Waals surface area contributed by atoms with E-state index in [2.05, 4.69) is 17.3 Å². The number of hydrogen-bond acceptors (Lipinski definition) is 3. The number of piperidine rings is 1. The molecule has 1 N–H and O–H groups in total. The second kappa shape index (κ2) is 8.94. The van der Waals surface area contributed by atoms with Crippen molar-refractivity contribution >= 4 is 17.5 Å². The normalized spacial score (nSPS) is 16.1. The minimum Gasteiger partial charge on any atom is -0.336 e. The first kappa shape index (κ1) is 21.7. The van der Waals surface area contributed by atoms with Gasteiger partial charge in [0.1, 0.15) is 5.82 Å². The molecule has 166 valence electrons. The van der Waals surface area contributed by atoms with Gasteiger partial charge in [-0.25, -0.2) is 9.07 Å². The van der Waals surface area contributed by atoms with Gasteiger partial charge in [-0.15, -0.1) is 0 Å². The summed E-state index contributed by atoms with van der Waals surface area (Å²) in [5.74, 6) is -0.582. The summed E-state index contributed by atoms with van der Waals surface area (Å²) >= 11 is 0. The van der Waals surface area contributed by atoms with Crippen molar-refractivity contribution < 1.29 is 14.0 Å². The molecule has 2 aromatic carbocycles. The number of carbonyl (C=O) groups is 2. The number of aromatic nitrogens is 2. The number of amides is 2. The van der Waals surface area contributed by atoms with Crippen molar-refractivity contribution in [1.29, 1.82) is 0 Å². The van der Waals surface area contributed by atoms with Crippen LogP contribution in [0.25, 0.3) is 5.69 Å². The smallest absolute Gasteiger partial charge is 0.259 e. The second-order valence-corrected chi connectivity index (χ2v) is 8.36. The minimum atomic E-state index is -0.330. The van der Waals surface area contributed by atoms with E-state index < -0.39 is 0 Å². The number of nitrogens with zero attached hydrogens (tertiary/aromatic N) is 3. The summed E-state index contributed by atoms with van der Waals surface area (Å²) in [4.78, 5) is 27.8. The lowest BCUT2D eigenvalue weighted by molar-refractivity contribution is 0.0635. The van der Waals surface area contributed by atoms with Crippen LogP contribution in [0.5, 0.6) is 0 Å². The number of halogens is 1. The summed E-state index contributed by atoms with van der Waals surface area (Å²) < 4.78 is 14.8. The molecule has 0 radical (unpaired) electrons. The highest BCUT2D eigenvalue weighted by molar-refractivity contribution is 6.05. The van der Waals surface area contributed by atoms with E-state index in [9.17, 15) is 14.0 Å². The molecule has 1 aliphatic rings. The van der Waals surface area contributed by atoms with Gasteiger partial charge in [0.15, 0.2) is 0 Å². The molecule has 3 aromatic rings. The van der Waals surface area contributed by atoms with Gasteiger partial charge in [0.05, 0.1) is 23.1 Å². The summed E-state index contributed by atoms with van der Waals surface area (Å²) in [7, 11) is 0. The molecule has 0 bridgehead atoms. The molecule has 0 saturated carbocycles. The molecule has 0 spiro atoms. The number of benzene rings is 2. The topological polar surface area (TPSA) is 67.2 Å². The van der Waals surface area contributed by atoms with Gasteiger partial charge in [-0.05, 0) is 88.1 Å².